The van der Waals surface area contributed by atoms with E-state index in [0.717, 1.165) is 11.1 Å². The number of aryl methyl sites for hydroxylation is 2. The third-order valence-corrected chi connectivity index (χ3v) is 6.33. The van der Waals surface area contributed by atoms with Crippen LogP contribution in [0.2, 0.25) is 0 Å². The quantitative estimate of drug-likeness (QED) is 0.757. The fraction of sp³-hybridized carbons (Fsp3) is 0.500. The molecular formula is C18H22F3N3O4S. The highest BCUT2D eigenvalue weighted by atomic mass is 32.2. The Morgan fingerprint density at radius 3 is 2.62 bits per heavy atom. The van der Waals surface area contributed by atoms with Crippen LogP contribution in [0, 0.1) is 13.8 Å². The molecule has 2 heterocycles. The van der Waals surface area contributed by atoms with Crippen molar-refractivity contribution in [3.63, 3.8) is 0 Å². The summed E-state index contributed by atoms with van der Waals surface area (Å²) in [5.74, 6) is 0.202. The summed E-state index contributed by atoms with van der Waals surface area (Å²) in [6.07, 6.45) is -4.31. The van der Waals surface area contributed by atoms with Gasteiger partial charge in [0.15, 0.2) is 5.69 Å². The summed E-state index contributed by atoms with van der Waals surface area (Å²) in [5, 5.41) is 3.67. The number of rotatable bonds is 6. The van der Waals surface area contributed by atoms with Gasteiger partial charge in [0.2, 0.25) is 10.0 Å². The molecule has 29 heavy (non-hydrogen) atoms. The molecule has 0 saturated carbocycles. The molecule has 0 spiro atoms. The fourth-order valence-electron chi connectivity index (χ4n) is 3.22. The molecule has 1 aromatic heterocycles. The molecule has 2 aromatic rings. The average Bonchev–Trinajstić information content (AvgIpc) is 3.02. The molecular weight excluding hydrogens is 411 g/mol. The van der Waals surface area contributed by atoms with Gasteiger partial charge in [0, 0.05) is 24.2 Å². The van der Waals surface area contributed by atoms with E-state index in [0.29, 0.717) is 12.3 Å². The first-order valence-electron chi connectivity index (χ1n) is 8.93. The van der Waals surface area contributed by atoms with Gasteiger partial charge in [-0.1, -0.05) is 0 Å². The number of nitrogens with one attached hydrogen (secondary N) is 1. The van der Waals surface area contributed by atoms with Crippen molar-refractivity contribution in [3.05, 3.63) is 40.2 Å². The summed E-state index contributed by atoms with van der Waals surface area (Å²) in [4.78, 5) is -0.0185. The van der Waals surface area contributed by atoms with E-state index in [9.17, 15) is 21.6 Å². The van der Waals surface area contributed by atoms with Crippen molar-refractivity contribution in [2.24, 2.45) is 0 Å². The van der Waals surface area contributed by atoms with E-state index >= 15 is 0 Å². The lowest BCUT2D eigenvalue weighted by atomic mass is 10.1. The van der Waals surface area contributed by atoms with E-state index < -0.39 is 21.9 Å². The van der Waals surface area contributed by atoms with Crippen LogP contribution in [0.5, 0.6) is 5.75 Å². The number of nitrogens with zero attached hydrogens (tertiary/aromatic N) is 2. The number of hydrogen-bond acceptors (Lipinski definition) is 5. The van der Waals surface area contributed by atoms with Gasteiger partial charge in [0.1, 0.15) is 10.6 Å². The number of ether oxygens (including phenoxy) is 2. The van der Waals surface area contributed by atoms with Gasteiger partial charge < -0.3 is 9.47 Å². The molecule has 7 nitrogen and oxygen atoms in total. The van der Waals surface area contributed by atoms with Crippen LogP contribution in [0.4, 0.5) is 13.2 Å². The summed E-state index contributed by atoms with van der Waals surface area (Å²) in [6.45, 7) is 3.60. The molecule has 0 aliphatic carbocycles. The van der Waals surface area contributed by atoms with Crippen molar-refractivity contribution in [1.29, 1.82) is 0 Å². The largest absolute Gasteiger partial charge is 0.495 e. The summed E-state index contributed by atoms with van der Waals surface area (Å²) in [6, 6.07) is 3.13. The Kier molecular flexibility index (Phi) is 5.93. The van der Waals surface area contributed by atoms with E-state index in [1.165, 1.54) is 17.9 Å². The minimum absolute atomic E-state index is 0.0161. The number of sulfonamides is 1. The highest BCUT2D eigenvalue weighted by molar-refractivity contribution is 7.89. The molecule has 1 aromatic carbocycles. The zero-order valence-electron chi connectivity index (χ0n) is 16.3. The molecule has 0 atom stereocenters. The Labute approximate surface area is 166 Å². The van der Waals surface area contributed by atoms with Crippen molar-refractivity contribution in [1.82, 2.24) is 14.5 Å². The second-order valence-electron chi connectivity index (χ2n) is 6.78. The molecule has 0 radical (unpaired) electrons. The maximum atomic E-state index is 13.2. The lowest BCUT2D eigenvalue weighted by molar-refractivity contribution is -0.142. The smallest absolute Gasteiger partial charge is 0.435 e. The van der Waals surface area contributed by atoms with Gasteiger partial charge in [-0.2, -0.15) is 18.3 Å². The molecule has 1 N–H and O–H groups in total. The molecule has 3 rings (SSSR count). The van der Waals surface area contributed by atoms with Crippen LogP contribution in [-0.2, 0) is 40.5 Å². The second-order valence-corrected chi connectivity index (χ2v) is 8.52. The van der Waals surface area contributed by atoms with Gasteiger partial charge in [0.25, 0.3) is 0 Å². The molecule has 0 saturated heterocycles. The SMILES string of the molecule is COc1cc(C)c(C)cc1S(=O)(=O)NCCn1nc(C(F)(F)F)c2c1CCOC2. The zero-order chi connectivity index (χ0) is 21.4. The number of methoxy groups -OCH3 is 1. The Balaban J connectivity index is 1.80. The number of benzene rings is 1. The fourth-order valence-corrected chi connectivity index (χ4v) is 4.47. The molecule has 1 aliphatic rings. The zero-order valence-corrected chi connectivity index (χ0v) is 17.1. The minimum Gasteiger partial charge on any atom is -0.495 e. The molecule has 0 unspecified atom stereocenters. The van der Waals surface area contributed by atoms with Crippen LogP contribution >= 0.6 is 0 Å². The van der Waals surface area contributed by atoms with Crippen molar-refractivity contribution in [3.8, 4) is 5.75 Å². The number of fused-ring (bicyclic) bond motifs is 1. The standard InChI is InChI=1S/C18H22F3N3O4S/c1-11-8-15(27-3)16(9-12(11)2)29(25,26)22-5-6-24-14-4-7-28-10-13(14)17(23-24)18(19,20)21/h8-9,22H,4-7,10H2,1-3H3. The Morgan fingerprint density at radius 1 is 1.28 bits per heavy atom. The first-order chi connectivity index (χ1) is 13.5. The number of hydrogen-bond donors (Lipinski definition) is 1. The van der Waals surface area contributed by atoms with Crippen LogP contribution in [0.25, 0.3) is 0 Å². The number of aromatic nitrogens is 2. The van der Waals surface area contributed by atoms with Crippen molar-refractivity contribution < 1.29 is 31.1 Å². The lowest BCUT2D eigenvalue weighted by Gasteiger charge is -2.16. The predicted molar refractivity (Wildman–Crippen MR) is 98.2 cm³/mol. The van der Waals surface area contributed by atoms with E-state index in [-0.39, 0.29) is 42.3 Å². The maximum absolute atomic E-state index is 13.2. The van der Waals surface area contributed by atoms with Gasteiger partial charge in [-0.3, -0.25) is 4.68 Å². The van der Waals surface area contributed by atoms with Crippen LogP contribution < -0.4 is 9.46 Å². The van der Waals surface area contributed by atoms with Crippen LogP contribution in [-0.4, -0.2) is 38.5 Å². The normalized spacial score (nSPS) is 14.7. The van der Waals surface area contributed by atoms with E-state index in [1.807, 2.05) is 6.92 Å². The summed E-state index contributed by atoms with van der Waals surface area (Å²) in [7, 11) is -2.54. The second kappa shape index (κ2) is 7.96. The molecule has 160 valence electrons. The molecule has 0 amide bonds. The first-order valence-corrected chi connectivity index (χ1v) is 10.4. The Morgan fingerprint density at radius 2 is 1.97 bits per heavy atom. The Hall–Kier alpha value is -2.11. The topological polar surface area (TPSA) is 82.5 Å². The van der Waals surface area contributed by atoms with Crippen molar-refractivity contribution in [2.45, 2.75) is 44.5 Å². The summed E-state index contributed by atoms with van der Waals surface area (Å²) in [5.41, 5.74) is 1.12. The molecule has 0 bridgehead atoms. The highest BCUT2D eigenvalue weighted by Crippen LogP contribution is 2.34. The predicted octanol–water partition coefficient (Wildman–Crippen LogP) is 2.58. The van der Waals surface area contributed by atoms with Gasteiger partial charge in [-0.05, 0) is 37.1 Å². The van der Waals surface area contributed by atoms with Gasteiger partial charge in [0.05, 0.1) is 26.9 Å². The third-order valence-electron chi connectivity index (χ3n) is 4.85. The maximum Gasteiger partial charge on any atom is 0.435 e. The molecule has 1 aliphatic heterocycles. The van der Waals surface area contributed by atoms with Crippen LogP contribution in [0.1, 0.15) is 28.1 Å². The minimum atomic E-state index is -4.59. The number of halogens is 3. The average molecular weight is 433 g/mol. The van der Waals surface area contributed by atoms with Crippen molar-refractivity contribution >= 4 is 10.0 Å². The van der Waals surface area contributed by atoms with Gasteiger partial charge in [-0.25, -0.2) is 13.1 Å². The molecule has 11 heteroatoms. The number of alkyl halides is 3. The third kappa shape index (κ3) is 4.41. The van der Waals surface area contributed by atoms with Gasteiger partial charge >= 0.3 is 6.18 Å². The monoisotopic (exact) mass is 433 g/mol. The summed E-state index contributed by atoms with van der Waals surface area (Å²) >= 11 is 0. The highest BCUT2D eigenvalue weighted by Gasteiger charge is 2.39. The van der Waals surface area contributed by atoms with E-state index in [2.05, 4.69) is 9.82 Å². The molecule has 0 fully saturated rings. The Bertz CT molecular complexity index is 1020. The first kappa shape index (κ1) is 21.6. The van der Waals surface area contributed by atoms with Gasteiger partial charge in [-0.15, -0.1) is 0 Å². The van der Waals surface area contributed by atoms with Crippen LogP contribution in [0.15, 0.2) is 17.0 Å². The summed E-state index contributed by atoms with van der Waals surface area (Å²) < 4.78 is 79.0. The van der Waals surface area contributed by atoms with Crippen molar-refractivity contribution in [2.75, 3.05) is 20.3 Å². The van der Waals surface area contributed by atoms with Crippen LogP contribution in [0.3, 0.4) is 0 Å². The van der Waals surface area contributed by atoms with E-state index in [4.69, 9.17) is 9.47 Å². The van der Waals surface area contributed by atoms with E-state index in [1.54, 1.807) is 13.0 Å². The lowest BCUT2D eigenvalue weighted by Crippen LogP contribution is -2.29.